The van der Waals surface area contributed by atoms with E-state index in [-0.39, 0.29) is 5.75 Å². The second-order valence-electron chi connectivity index (χ2n) is 2.93. The molecular weight excluding hydrogens is 246 g/mol. The van der Waals surface area contributed by atoms with Crippen molar-refractivity contribution in [3.05, 3.63) is 34.8 Å². The molecule has 0 saturated heterocycles. The number of hydrogen-bond acceptors (Lipinski definition) is 3. The molecule has 1 aromatic carbocycles. The largest absolute Gasteiger partial charge is 0.508 e. The number of halogens is 1. The second kappa shape index (κ2) is 3.46. The molecule has 0 amide bonds. The molecule has 2 rings (SSSR count). The number of benzene rings is 1. The lowest BCUT2D eigenvalue weighted by Gasteiger charge is -1.97. The molecule has 3 nitrogen and oxygen atoms in total. The predicted molar refractivity (Wildman–Crippen MR) is 56.0 cm³/mol. The Bertz CT molecular complexity index is 448. The lowest BCUT2D eigenvalue weighted by atomic mass is 10.1. The van der Waals surface area contributed by atoms with Crippen LogP contribution in [0.4, 0.5) is 0 Å². The first kappa shape index (κ1) is 9.27. The first-order valence-electron chi connectivity index (χ1n) is 4.09. The van der Waals surface area contributed by atoms with Gasteiger partial charge in [-0.2, -0.15) is 0 Å². The molecule has 4 heteroatoms. The summed E-state index contributed by atoms with van der Waals surface area (Å²) < 4.78 is 5.36. The Balaban J connectivity index is 2.49. The van der Waals surface area contributed by atoms with Crippen molar-refractivity contribution in [3.63, 3.8) is 0 Å². The highest BCUT2D eigenvalue weighted by atomic mass is 79.9. The van der Waals surface area contributed by atoms with Gasteiger partial charge in [-0.05, 0) is 31.2 Å². The van der Waals surface area contributed by atoms with E-state index in [0.29, 0.717) is 4.80 Å². The van der Waals surface area contributed by atoms with Gasteiger partial charge in [-0.25, -0.2) is 4.98 Å². The van der Waals surface area contributed by atoms with Gasteiger partial charge in [0.25, 0.3) is 4.80 Å². The number of aromatic nitrogens is 1. The maximum Gasteiger partial charge on any atom is 0.264 e. The van der Waals surface area contributed by atoms with E-state index in [1.807, 2.05) is 6.92 Å². The highest BCUT2D eigenvalue weighted by Gasteiger charge is 2.09. The normalized spacial score (nSPS) is 10.4. The van der Waals surface area contributed by atoms with Crippen LogP contribution in [0.25, 0.3) is 11.3 Å². The number of hydrogen-bond donors (Lipinski definition) is 1. The number of aryl methyl sites for hydroxylation is 1. The van der Waals surface area contributed by atoms with E-state index < -0.39 is 0 Å². The topological polar surface area (TPSA) is 46.3 Å². The van der Waals surface area contributed by atoms with E-state index in [0.717, 1.165) is 17.0 Å². The Morgan fingerprint density at radius 1 is 1.29 bits per heavy atom. The van der Waals surface area contributed by atoms with Crippen LogP contribution in [0.2, 0.25) is 0 Å². The van der Waals surface area contributed by atoms with Crippen molar-refractivity contribution >= 4 is 15.9 Å². The van der Waals surface area contributed by atoms with Crippen LogP contribution in [-0.2, 0) is 0 Å². The van der Waals surface area contributed by atoms with Gasteiger partial charge in [0.15, 0.2) is 5.76 Å². The number of nitrogens with zero attached hydrogens (tertiary/aromatic N) is 1. The third-order valence-corrected chi connectivity index (χ3v) is 2.24. The zero-order valence-corrected chi connectivity index (χ0v) is 9.08. The molecule has 1 N–H and O–H groups in total. The fourth-order valence-corrected chi connectivity index (χ4v) is 1.67. The van der Waals surface area contributed by atoms with Crippen molar-refractivity contribution in [2.45, 2.75) is 6.92 Å². The second-order valence-corrected chi connectivity index (χ2v) is 3.61. The Morgan fingerprint density at radius 3 is 2.43 bits per heavy atom. The molecule has 0 spiro atoms. The summed E-state index contributed by atoms with van der Waals surface area (Å²) in [4.78, 5) is 4.57. The average Bonchev–Trinajstić information content (AvgIpc) is 2.47. The van der Waals surface area contributed by atoms with Crippen LogP contribution in [0.15, 0.2) is 33.5 Å². The molecule has 0 saturated carbocycles. The third-order valence-electron chi connectivity index (χ3n) is 1.90. The molecule has 0 unspecified atom stereocenters. The minimum Gasteiger partial charge on any atom is -0.508 e. The van der Waals surface area contributed by atoms with E-state index in [1.165, 1.54) is 0 Å². The number of aromatic hydroxyl groups is 1. The lowest BCUT2D eigenvalue weighted by Crippen LogP contribution is -1.77. The lowest BCUT2D eigenvalue weighted by molar-refractivity contribution is 0.475. The van der Waals surface area contributed by atoms with Crippen LogP contribution < -0.4 is 0 Å². The molecule has 0 aliphatic carbocycles. The highest BCUT2D eigenvalue weighted by Crippen LogP contribution is 2.27. The van der Waals surface area contributed by atoms with Crippen LogP contribution in [0, 0.1) is 6.92 Å². The van der Waals surface area contributed by atoms with E-state index in [9.17, 15) is 0 Å². The van der Waals surface area contributed by atoms with Gasteiger partial charge in [0.1, 0.15) is 5.75 Å². The molecule has 1 heterocycles. The predicted octanol–water partition coefficient (Wildman–Crippen LogP) is 3.12. The van der Waals surface area contributed by atoms with Gasteiger partial charge in [-0.3, -0.25) is 0 Å². The molecule has 0 radical (unpaired) electrons. The molecule has 0 bridgehead atoms. The van der Waals surface area contributed by atoms with E-state index >= 15 is 0 Å². The SMILES string of the molecule is Cc1nc(Br)oc1-c1ccc(O)cc1. The van der Waals surface area contributed by atoms with Crippen molar-refractivity contribution in [1.82, 2.24) is 4.98 Å². The van der Waals surface area contributed by atoms with Crippen LogP contribution >= 0.6 is 15.9 Å². The number of phenols is 1. The van der Waals surface area contributed by atoms with E-state index in [4.69, 9.17) is 9.52 Å². The van der Waals surface area contributed by atoms with Gasteiger partial charge in [0.05, 0.1) is 5.69 Å². The van der Waals surface area contributed by atoms with Gasteiger partial charge < -0.3 is 9.52 Å². The highest BCUT2D eigenvalue weighted by molar-refractivity contribution is 9.10. The molecule has 2 aromatic rings. The molecule has 0 fully saturated rings. The van der Waals surface area contributed by atoms with Gasteiger partial charge in [0.2, 0.25) is 0 Å². The standard InChI is InChI=1S/C10H8BrNO2/c1-6-9(14-10(11)12-6)7-2-4-8(13)5-3-7/h2-5,13H,1H3. The maximum atomic E-state index is 9.12. The Hall–Kier alpha value is -1.29. The van der Waals surface area contributed by atoms with Crippen LogP contribution in [-0.4, -0.2) is 10.1 Å². The summed E-state index contributed by atoms with van der Waals surface area (Å²) in [5, 5.41) is 9.12. The molecule has 0 aliphatic heterocycles. The minimum atomic E-state index is 0.241. The minimum absolute atomic E-state index is 0.241. The van der Waals surface area contributed by atoms with Gasteiger partial charge >= 0.3 is 0 Å². The van der Waals surface area contributed by atoms with Gasteiger partial charge in [-0.15, -0.1) is 0 Å². The molecule has 0 atom stereocenters. The molecule has 14 heavy (non-hydrogen) atoms. The molecular formula is C10H8BrNO2. The molecule has 1 aromatic heterocycles. The third kappa shape index (κ3) is 1.65. The van der Waals surface area contributed by atoms with Gasteiger partial charge in [0, 0.05) is 21.5 Å². The summed E-state index contributed by atoms with van der Waals surface area (Å²) >= 11 is 3.17. The monoisotopic (exact) mass is 253 g/mol. The zero-order valence-electron chi connectivity index (χ0n) is 7.49. The first-order valence-corrected chi connectivity index (χ1v) is 4.88. The summed E-state index contributed by atoms with van der Waals surface area (Å²) in [6.45, 7) is 1.87. The van der Waals surface area contributed by atoms with Crippen LogP contribution in [0.3, 0.4) is 0 Å². The van der Waals surface area contributed by atoms with Crippen LogP contribution in [0.5, 0.6) is 5.75 Å². The van der Waals surface area contributed by atoms with Crippen molar-refractivity contribution in [2.24, 2.45) is 0 Å². The van der Waals surface area contributed by atoms with E-state index in [2.05, 4.69) is 20.9 Å². The zero-order chi connectivity index (χ0) is 10.1. The Morgan fingerprint density at radius 2 is 1.93 bits per heavy atom. The number of rotatable bonds is 1. The summed E-state index contributed by atoms with van der Waals surface area (Å²) in [6.07, 6.45) is 0. The quantitative estimate of drug-likeness (QED) is 0.850. The fourth-order valence-electron chi connectivity index (χ4n) is 1.24. The molecule has 72 valence electrons. The molecule has 0 aliphatic rings. The maximum absolute atomic E-state index is 9.12. The first-order chi connectivity index (χ1) is 6.66. The summed E-state index contributed by atoms with van der Waals surface area (Å²) in [5.74, 6) is 0.960. The van der Waals surface area contributed by atoms with Crippen molar-refractivity contribution < 1.29 is 9.52 Å². The van der Waals surface area contributed by atoms with E-state index in [1.54, 1.807) is 24.3 Å². The Labute approximate surface area is 89.5 Å². The fraction of sp³-hybridized carbons (Fsp3) is 0.100. The van der Waals surface area contributed by atoms with Crippen molar-refractivity contribution in [3.8, 4) is 17.1 Å². The van der Waals surface area contributed by atoms with Crippen molar-refractivity contribution in [2.75, 3.05) is 0 Å². The smallest absolute Gasteiger partial charge is 0.264 e. The summed E-state index contributed by atoms with van der Waals surface area (Å²) in [6, 6.07) is 6.81. The number of phenolic OH excluding ortho intramolecular Hbond substituents is 1. The summed E-state index contributed by atoms with van der Waals surface area (Å²) in [5.41, 5.74) is 1.72. The summed E-state index contributed by atoms with van der Waals surface area (Å²) in [7, 11) is 0. The van der Waals surface area contributed by atoms with Crippen LogP contribution in [0.1, 0.15) is 5.69 Å². The van der Waals surface area contributed by atoms with Crippen molar-refractivity contribution in [1.29, 1.82) is 0 Å². The Kier molecular flexibility index (Phi) is 2.29. The number of oxazole rings is 1. The average molecular weight is 254 g/mol. The van der Waals surface area contributed by atoms with Gasteiger partial charge in [-0.1, -0.05) is 0 Å².